The van der Waals surface area contributed by atoms with Gasteiger partial charge in [-0.25, -0.2) is 9.59 Å². The van der Waals surface area contributed by atoms with E-state index in [2.05, 4.69) is 15.6 Å². The van der Waals surface area contributed by atoms with E-state index >= 15 is 0 Å². The average molecular weight is 359 g/mol. The fraction of sp³-hybridized carbons (Fsp3) is 0.412. The summed E-state index contributed by atoms with van der Waals surface area (Å²) in [6, 6.07) is 7.08. The second-order valence-electron chi connectivity index (χ2n) is 6.22. The van der Waals surface area contributed by atoms with E-state index in [0.717, 1.165) is 12.8 Å². The lowest BCUT2D eigenvalue weighted by molar-refractivity contribution is 0.0690. The highest BCUT2D eigenvalue weighted by Gasteiger charge is 2.25. The normalized spacial score (nSPS) is 17.0. The van der Waals surface area contributed by atoms with E-state index < -0.39 is 5.97 Å². The number of methoxy groups -OCH3 is 1. The van der Waals surface area contributed by atoms with Gasteiger partial charge in [0, 0.05) is 19.6 Å². The van der Waals surface area contributed by atoms with Crippen molar-refractivity contribution < 1.29 is 19.4 Å². The number of aromatic carboxylic acids is 1. The number of anilines is 1. The number of piperidine rings is 1. The van der Waals surface area contributed by atoms with Gasteiger partial charge in [-0.3, -0.25) is 4.68 Å². The lowest BCUT2D eigenvalue weighted by Gasteiger charge is -2.32. The quantitative estimate of drug-likeness (QED) is 0.844. The molecule has 1 saturated heterocycles. The van der Waals surface area contributed by atoms with Gasteiger partial charge in [-0.15, -0.1) is 5.10 Å². The van der Waals surface area contributed by atoms with E-state index in [4.69, 9.17) is 9.84 Å². The SMILES string of the molecule is COc1ccccc1NC(=O)N1CCC[C@H](Cn2cc(C(=O)O)nn2)C1. The van der Waals surface area contributed by atoms with Crippen LogP contribution in [0.3, 0.4) is 0 Å². The van der Waals surface area contributed by atoms with Gasteiger partial charge in [0.15, 0.2) is 5.69 Å². The third-order valence-corrected chi connectivity index (χ3v) is 4.36. The molecule has 1 aromatic carbocycles. The van der Waals surface area contributed by atoms with Crippen LogP contribution in [0.2, 0.25) is 0 Å². The Hall–Kier alpha value is -3.10. The molecular weight excluding hydrogens is 338 g/mol. The van der Waals surface area contributed by atoms with Gasteiger partial charge in [0.05, 0.1) is 19.0 Å². The Morgan fingerprint density at radius 3 is 2.92 bits per heavy atom. The number of aromatic nitrogens is 3. The van der Waals surface area contributed by atoms with Crippen LogP contribution in [0, 0.1) is 5.92 Å². The summed E-state index contributed by atoms with van der Waals surface area (Å²) >= 11 is 0. The summed E-state index contributed by atoms with van der Waals surface area (Å²) in [5.74, 6) is -0.300. The van der Waals surface area contributed by atoms with Gasteiger partial charge in [-0.05, 0) is 30.9 Å². The first-order valence-electron chi connectivity index (χ1n) is 8.39. The van der Waals surface area contributed by atoms with Crippen molar-refractivity contribution in [3.63, 3.8) is 0 Å². The zero-order valence-corrected chi connectivity index (χ0v) is 14.5. The first-order valence-corrected chi connectivity index (χ1v) is 8.39. The molecule has 0 spiro atoms. The Morgan fingerprint density at radius 2 is 2.19 bits per heavy atom. The molecule has 1 aliphatic heterocycles. The second kappa shape index (κ2) is 7.85. The number of benzene rings is 1. The maximum absolute atomic E-state index is 12.6. The Kier molecular flexibility index (Phi) is 5.35. The fourth-order valence-electron chi connectivity index (χ4n) is 3.09. The minimum Gasteiger partial charge on any atom is -0.495 e. The summed E-state index contributed by atoms with van der Waals surface area (Å²) < 4.78 is 6.78. The molecule has 2 heterocycles. The molecule has 1 aromatic heterocycles. The van der Waals surface area contributed by atoms with Crippen molar-refractivity contribution in [1.82, 2.24) is 19.9 Å². The van der Waals surface area contributed by atoms with Crippen LogP contribution in [0.4, 0.5) is 10.5 Å². The number of ether oxygens (including phenoxy) is 1. The zero-order valence-electron chi connectivity index (χ0n) is 14.5. The van der Waals surface area contributed by atoms with Gasteiger partial charge in [0.2, 0.25) is 0 Å². The number of para-hydroxylation sites is 2. The highest BCUT2D eigenvalue weighted by Crippen LogP contribution is 2.25. The number of rotatable bonds is 5. The van der Waals surface area contributed by atoms with Gasteiger partial charge in [-0.1, -0.05) is 17.3 Å². The highest BCUT2D eigenvalue weighted by atomic mass is 16.5. The second-order valence-corrected chi connectivity index (χ2v) is 6.22. The van der Waals surface area contributed by atoms with Crippen LogP contribution in [0.25, 0.3) is 0 Å². The summed E-state index contributed by atoms with van der Waals surface area (Å²) in [5.41, 5.74) is 0.552. The predicted molar refractivity (Wildman–Crippen MR) is 93.3 cm³/mol. The van der Waals surface area contributed by atoms with Crippen LogP contribution in [-0.4, -0.2) is 57.2 Å². The first kappa shape index (κ1) is 17.7. The molecule has 1 atom stereocenters. The summed E-state index contributed by atoms with van der Waals surface area (Å²) in [4.78, 5) is 25.2. The largest absolute Gasteiger partial charge is 0.495 e. The third kappa shape index (κ3) is 4.11. The molecule has 26 heavy (non-hydrogen) atoms. The van der Waals surface area contributed by atoms with Gasteiger partial charge in [-0.2, -0.15) is 0 Å². The van der Waals surface area contributed by atoms with Crippen LogP contribution in [0.5, 0.6) is 5.75 Å². The molecule has 2 amide bonds. The molecule has 1 aliphatic rings. The molecule has 0 unspecified atom stereocenters. The van der Waals surface area contributed by atoms with Gasteiger partial charge >= 0.3 is 12.0 Å². The Labute approximate surface area is 150 Å². The van der Waals surface area contributed by atoms with Crippen molar-refractivity contribution in [3.05, 3.63) is 36.2 Å². The number of nitrogens with one attached hydrogen (secondary N) is 1. The smallest absolute Gasteiger partial charge is 0.358 e. The molecular formula is C17H21N5O4. The highest BCUT2D eigenvalue weighted by molar-refractivity contribution is 5.91. The number of hydrogen-bond acceptors (Lipinski definition) is 5. The molecule has 3 rings (SSSR count). The molecule has 2 N–H and O–H groups in total. The van der Waals surface area contributed by atoms with E-state index in [1.54, 1.807) is 24.1 Å². The Morgan fingerprint density at radius 1 is 1.38 bits per heavy atom. The third-order valence-electron chi connectivity index (χ3n) is 4.36. The topological polar surface area (TPSA) is 110 Å². The Balaban J connectivity index is 1.60. The van der Waals surface area contributed by atoms with E-state index in [1.807, 2.05) is 12.1 Å². The summed E-state index contributed by atoms with van der Waals surface area (Å²) in [5, 5.41) is 19.3. The lowest BCUT2D eigenvalue weighted by Crippen LogP contribution is -2.43. The molecule has 1 fully saturated rings. The first-order chi connectivity index (χ1) is 12.6. The minimum atomic E-state index is -1.10. The maximum Gasteiger partial charge on any atom is 0.358 e. The van der Waals surface area contributed by atoms with Crippen molar-refractivity contribution in [2.75, 3.05) is 25.5 Å². The number of carbonyl (C=O) groups is 2. The van der Waals surface area contributed by atoms with Gasteiger partial charge in [0.25, 0.3) is 0 Å². The number of carboxylic acids is 1. The minimum absolute atomic E-state index is 0.0772. The van der Waals surface area contributed by atoms with Crippen LogP contribution in [-0.2, 0) is 6.54 Å². The fourth-order valence-corrected chi connectivity index (χ4v) is 3.09. The van der Waals surface area contributed by atoms with Crippen molar-refractivity contribution in [2.24, 2.45) is 5.92 Å². The number of likely N-dealkylation sites (tertiary alicyclic amines) is 1. The number of carbonyl (C=O) groups excluding carboxylic acids is 1. The molecule has 138 valence electrons. The predicted octanol–water partition coefficient (Wildman–Crippen LogP) is 1.93. The van der Waals surface area contributed by atoms with E-state index in [9.17, 15) is 9.59 Å². The number of carboxylic acid groups (broad SMARTS) is 1. The average Bonchev–Trinajstić information content (AvgIpc) is 3.11. The number of urea groups is 1. The molecule has 0 saturated carbocycles. The molecule has 0 bridgehead atoms. The summed E-state index contributed by atoms with van der Waals surface area (Å²) in [7, 11) is 1.56. The van der Waals surface area contributed by atoms with E-state index in [0.29, 0.717) is 31.1 Å². The van der Waals surface area contributed by atoms with Crippen LogP contribution >= 0.6 is 0 Å². The van der Waals surface area contributed by atoms with Crippen molar-refractivity contribution in [2.45, 2.75) is 19.4 Å². The van der Waals surface area contributed by atoms with Crippen LogP contribution < -0.4 is 10.1 Å². The maximum atomic E-state index is 12.6. The Bertz CT molecular complexity index is 791. The number of nitrogens with zero attached hydrogens (tertiary/aromatic N) is 4. The lowest BCUT2D eigenvalue weighted by atomic mass is 9.98. The standard InChI is InChI=1S/C17H21N5O4/c1-26-15-7-3-2-6-13(15)18-17(25)21-8-4-5-12(9-21)10-22-11-14(16(23)24)19-20-22/h2-3,6-7,11-12H,4-5,8-10H2,1H3,(H,18,25)(H,23,24)/t12-/m0/s1. The summed E-state index contributed by atoms with van der Waals surface area (Å²) in [6.07, 6.45) is 3.24. The molecule has 9 nitrogen and oxygen atoms in total. The van der Waals surface area contributed by atoms with E-state index in [-0.39, 0.29) is 17.6 Å². The van der Waals surface area contributed by atoms with Gasteiger partial charge in [0.1, 0.15) is 5.75 Å². The number of hydrogen-bond donors (Lipinski definition) is 2. The van der Waals surface area contributed by atoms with Crippen LogP contribution in [0.15, 0.2) is 30.5 Å². The monoisotopic (exact) mass is 359 g/mol. The molecule has 9 heteroatoms. The van der Waals surface area contributed by atoms with Crippen molar-refractivity contribution in [1.29, 1.82) is 0 Å². The molecule has 2 aromatic rings. The van der Waals surface area contributed by atoms with Crippen molar-refractivity contribution >= 4 is 17.7 Å². The van der Waals surface area contributed by atoms with Gasteiger partial charge < -0.3 is 20.1 Å². The number of amides is 2. The van der Waals surface area contributed by atoms with Crippen LogP contribution in [0.1, 0.15) is 23.3 Å². The molecule has 0 radical (unpaired) electrons. The van der Waals surface area contributed by atoms with Crippen molar-refractivity contribution in [3.8, 4) is 5.75 Å². The molecule has 0 aliphatic carbocycles. The summed E-state index contributed by atoms with van der Waals surface area (Å²) in [6.45, 7) is 1.77. The zero-order chi connectivity index (χ0) is 18.5. The van der Waals surface area contributed by atoms with E-state index in [1.165, 1.54) is 10.9 Å².